The lowest BCUT2D eigenvalue weighted by Crippen LogP contribution is -2.41. The van der Waals surface area contributed by atoms with Gasteiger partial charge in [-0.2, -0.15) is 0 Å². The van der Waals surface area contributed by atoms with E-state index in [0.29, 0.717) is 6.42 Å². The third-order valence-electron chi connectivity index (χ3n) is 4.49. The smallest absolute Gasteiger partial charge is 0.224 e. The van der Waals surface area contributed by atoms with Crippen LogP contribution in [0.5, 0.6) is 11.5 Å². The van der Waals surface area contributed by atoms with Crippen molar-refractivity contribution in [3.63, 3.8) is 0 Å². The van der Waals surface area contributed by atoms with Crippen molar-refractivity contribution in [3.8, 4) is 11.5 Å². The zero-order chi connectivity index (χ0) is 18.0. The van der Waals surface area contributed by atoms with Gasteiger partial charge in [0.15, 0.2) is 0 Å². The highest BCUT2D eigenvalue weighted by Crippen LogP contribution is 2.39. The lowest BCUT2D eigenvalue weighted by molar-refractivity contribution is -0.121. The monoisotopic (exact) mass is 339 g/mol. The Hall–Kier alpha value is -2.49. The van der Waals surface area contributed by atoms with Gasteiger partial charge in [-0.05, 0) is 50.1 Å². The molecular formula is C21H25NO3. The van der Waals surface area contributed by atoms with Gasteiger partial charge in [-0.3, -0.25) is 4.79 Å². The summed E-state index contributed by atoms with van der Waals surface area (Å²) in [6.45, 7) is 6.16. The molecule has 0 spiro atoms. The van der Waals surface area contributed by atoms with E-state index in [-0.39, 0.29) is 17.6 Å². The average Bonchev–Trinajstić information content (AvgIpc) is 2.54. The summed E-state index contributed by atoms with van der Waals surface area (Å²) in [5, 5.41) is 3.18. The summed E-state index contributed by atoms with van der Waals surface area (Å²) in [5.41, 5.74) is 2.86. The minimum Gasteiger partial charge on any atom is -0.497 e. The fourth-order valence-electron chi connectivity index (χ4n) is 3.26. The highest BCUT2D eigenvalue weighted by Gasteiger charge is 2.34. The van der Waals surface area contributed by atoms with Gasteiger partial charge in [0.1, 0.15) is 17.1 Å². The predicted molar refractivity (Wildman–Crippen MR) is 98.1 cm³/mol. The Labute approximate surface area is 149 Å². The van der Waals surface area contributed by atoms with Crippen LogP contribution >= 0.6 is 0 Å². The van der Waals surface area contributed by atoms with Crippen molar-refractivity contribution < 1.29 is 14.3 Å². The van der Waals surface area contributed by atoms with Crippen LogP contribution in [-0.2, 0) is 11.2 Å². The van der Waals surface area contributed by atoms with E-state index >= 15 is 0 Å². The van der Waals surface area contributed by atoms with Gasteiger partial charge in [0, 0.05) is 12.0 Å². The first-order valence-corrected chi connectivity index (χ1v) is 8.58. The Morgan fingerprint density at radius 1 is 1.24 bits per heavy atom. The van der Waals surface area contributed by atoms with Gasteiger partial charge in [0.05, 0.1) is 19.6 Å². The molecule has 132 valence electrons. The van der Waals surface area contributed by atoms with E-state index in [4.69, 9.17) is 9.47 Å². The number of benzene rings is 2. The second-order valence-electron chi connectivity index (χ2n) is 7.25. The minimum absolute atomic E-state index is 0.0133. The third kappa shape index (κ3) is 4.13. The van der Waals surface area contributed by atoms with Crippen molar-refractivity contribution in [2.45, 2.75) is 45.3 Å². The molecule has 1 heterocycles. The lowest BCUT2D eigenvalue weighted by atomic mass is 9.89. The van der Waals surface area contributed by atoms with Crippen LogP contribution in [0, 0.1) is 6.92 Å². The molecule has 0 saturated heterocycles. The fraction of sp³-hybridized carbons (Fsp3) is 0.381. The van der Waals surface area contributed by atoms with Crippen molar-refractivity contribution in [1.82, 2.24) is 5.32 Å². The second-order valence-corrected chi connectivity index (χ2v) is 7.25. The van der Waals surface area contributed by atoms with Gasteiger partial charge >= 0.3 is 0 Å². The molecule has 1 amide bonds. The molecule has 1 atom stereocenters. The zero-order valence-corrected chi connectivity index (χ0v) is 15.3. The maximum atomic E-state index is 12.5. The second kappa shape index (κ2) is 6.79. The molecule has 4 heteroatoms. The Balaban J connectivity index is 1.74. The number of carbonyl (C=O) groups excluding carboxylic acids is 1. The number of methoxy groups -OCH3 is 1. The van der Waals surface area contributed by atoms with Crippen LogP contribution in [0.2, 0.25) is 0 Å². The summed E-state index contributed by atoms with van der Waals surface area (Å²) >= 11 is 0. The molecule has 0 bridgehead atoms. The molecule has 3 rings (SSSR count). The van der Waals surface area contributed by atoms with Crippen molar-refractivity contribution in [1.29, 1.82) is 0 Å². The van der Waals surface area contributed by atoms with Gasteiger partial charge in [0.2, 0.25) is 5.91 Å². The van der Waals surface area contributed by atoms with Crippen molar-refractivity contribution in [2.75, 3.05) is 7.11 Å². The van der Waals surface area contributed by atoms with Crippen LogP contribution in [0.4, 0.5) is 0 Å². The molecular weight excluding hydrogens is 314 g/mol. The molecule has 0 saturated carbocycles. The summed E-state index contributed by atoms with van der Waals surface area (Å²) in [5.74, 6) is 1.67. The summed E-state index contributed by atoms with van der Waals surface area (Å²) in [6, 6.07) is 13.7. The number of ether oxygens (including phenoxy) is 2. The van der Waals surface area contributed by atoms with Gasteiger partial charge in [-0.15, -0.1) is 0 Å². The highest BCUT2D eigenvalue weighted by atomic mass is 16.5. The molecule has 0 radical (unpaired) electrons. The van der Waals surface area contributed by atoms with Crippen LogP contribution < -0.4 is 14.8 Å². The van der Waals surface area contributed by atoms with E-state index < -0.39 is 0 Å². The molecule has 2 aromatic rings. The standard InChI is InChI=1S/C21H25NO3/c1-14-5-10-17-18(13-21(2,3)25-19(17)11-14)22-20(23)12-15-6-8-16(24-4)9-7-15/h5-11,18H,12-13H2,1-4H3,(H,22,23)/t18-/m1/s1. The van der Waals surface area contributed by atoms with E-state index in [1.165, 1.54) is 0 Å². The van der Waals surface area contributed by atoms with E-state index in [9.17, 15) is 4.79 Å². The summed E-state index contributed by atoms with van der Waals surface area (Å²) in [7, 11) is 1.63. The molecule has 1 N–H and O–H groups in total. The molecule has 0 aromatic heterocycles. The number of aryl methyl sites for hydroxylation is 1. The van der Waals surface area contributed by atoms with E-state index in [1.807, 2.05) is 37.3 Å². The SMILES string of the molecule is COc1ccc(CC(=O)N[C@@H]2CC(C)(C)Oc3cc(C)ccc32)cc1. The molecule has 2 aromatic carbocycles. The lowest BCUT2D eigenvalue weighted by Gasteiger charge is -2.38. The number of hydrogen-bond donors (Lipinski definition) is 1. The number of carbonyl (C=O) groups is 1. The van der Waals surface area contributed by atoms with Crippen LogP contribution in [0.25, 0.3) is 0 Å². The van der Waals surface area contributed by atoms with E-state index in [0.717, 1.165) is 34.6 Å². The minimum atomic E-state index is -0.307. The van der Waals surface area contributed by atoms with Crippen LogP contribution in [0.3, 0.4) is 0 Å². The van der Waals surface area contributed by atoms with Crippen LogP contribution in [0.15, 0.2) is 42.5 Å². The average molecular weight is 339 g/mol. The number of fused-ring (bicyclic) bond motifs is 1. The van der Waals surface area contributed by atoms with Gasteiger partial charge in [-0.1, -0.05) is 24.3 Å². The molecule has 0 unspecified atom stereocenters. The maximum Gasteiger partial charge on any atom is 0.224 e. The topological polar surface area (TPSA) is 47.6 Å². The molecule has 0 aliphatic carbocycles. The first-order valence-electron chi connectivity index (χ1n) is 8.58. The molecule has 25 heavy (non-hydrogen) atoms. The van der Waals surface area contributed by atoms with Gasteiger partial charge in [0.25, 0.3) is 0 Å². The van der Waals surface area contributed by atoms with E-state index in [2.05, 4.69) is 31.3 Å². The number of rotatable bonds is 4. The third-order valence-corrected chi connectivity index (χ3v) is 4.49. The van der Waals surface area contributed by atoms with Gasteiger partial charge in [-0.25, -0.2) is 0 Å². The number of nitrogens with one attached hydrogen (secondary N) is 1. The zero-order valence-electron chi connectivity index (χ0n) is 15.3. The van der Waals surface area contributed by atoms with Gasteiger partial charge < -0.3 is 14.8 Å². The highest BCUT2D eigenvalue weighted by molar-refractivity contribution is 5.79. The Morgan fingerprint density at radius 3 is 2.64 bits per heavy atom. The van der Waals surface area contributed by atoms with Crippen molar-refractivity contribution in [2.24, 2.45) is 0 Å². The Kier molecular flexibility index (Phi) is 4.71. The molecule has 1 aliphatic rings. The Morgan fingerprint density at radius 2 is 1.96 bits per heavy atom. The van der Waals surface area contributed by atoms with Crippen molar-refractivity contribution in [3.05, 3.63) is 59.2 Å². The molecule has 1 aliphatic heterocycles. The maximum absolute atomic E-state index is 12.5. The normalized spacial score (nSPS) is 18.0. The van der Waals surface area contributed by atoms with E-state index in [1.54, 1.807) is 7.11 Å². The van der Waals surface area contributed by atoms with Crippen molar-refractivity contribution >= 4 is 5.91 Å². The fourth-order valence-corrected chi connectivity index (χ4v) is 3.26. The first-order chi connectivity index (χ1) is 11.9. The Bertz CT molecular complexity index is 765. The molecule has 0 fully saturated rings. The predicted octanol–water partition coefficient (Wildman–Crippen LogP) is 3.96. The quantitative estimate of drug-likeness (QED) is 0.917. The summed E-state index contributed by atoms with van der Waals surface area (Å²) in [6.07, 6.45) is 1.10. The number of hydrogen-bond acceptors (Lipinski definition) is 3. The molecule has 4 nitrogen and oxygen atoms in total. The summed E-state index contributed by atoms with van der Waals surface area (Å²) in [4.78, 5) is 12.5. The van der Waals surface area contributed by atoms with Crippen LogP contribution in [-0.4, -0.2) is 18.6 Å². The largest absolute Gasteiger partial charge is 0.497 e. The summed E-state index contributed by atoms with van der Waals surface area (Å²) < 4.78 is 11.2. The first kappa shape index (κ1) is 17.3. The van der Waals surface area contributed by atoms with Crippen LogP contribution in [0.1, 0.15) is 43.0 Å². The number of amides is 1.